The Morgan fingerprint density at radius 3 is 2.81 bits per heavy atom. The monoisotopic (exact) mass is 556 g/mol. The van der Waals surface area contributed by atoms with Crippen LogP contribution in [0.1, 0.15) is 34.6 Å². The van der Waals surface area contributed by atoms with Crippen LogP contribution in [0.4, 0.5) is 5.69 Å². The number of H-pyrrole nitrogens is 2. The van der Waals surface area contributed by atoms with Gasteiger partial charge in [-0.15, -0.1) is 0 Å². The predicted molar refractivity (Wildman–Crippen MR) is 165 cm³/mol. The first-order chi connectivity index (χ1) is 20.7. The van der Waals surface area contributed by atoms with Gasteiger partial charge in [-0.25, -0.2) is 4.98 Å². The lowest BCUT2D eigenvalue weighted by Gasteiger charge is -2.32. The molecule has 3 N–H and O–H groups in total. The van der Waals surface area contributed by atoms with E-state index in [4.69, 9.17) is 9.72 Å². The smallest absolute Gasteiger partial charge is 0.274 e. The maximum atomic E-state index is 13.5. The van der Waals surface area contributed by atoms with E-state index in [9.17, 15) is 4.79 Å². The summed E-state index contributed by atoms with van der Waals surface area (Å²) >= 11 is 0. The van der Waals surface area contributed by atoms with Gasteiger partial charge in [0.2, 0.25) is 0 Å². The molecule has 0 bridgehead atoms. The number of likely N-dealkylation sites (tertiary alicyclic amines) is 1. The molecule has 210 valence electrons. The molecule has 1 atom stereocenters. The highest BCUT2D eigenvalue weighted by Gasteiger charge is 2.21. The maximum absolute atomic E-state index is 13.5. The minimum absolute atomic E-state index is 0.187. The number of rotatable bonds is 8. The molecule has 7 rings (SSSR count). The van der Waals surface area contributed by atoms with Crippen LogP contribution in [0.2, 0.25) is 0 Å². The molecule has 1 aliphatic heterocycles. The van der Waals surface area contributed by atoms with Gasteiger partial charge < -0.3 is 15.0 Å². The van der Waals surface area contributed by atoms with Crippen molar-refractivity contribution in [3.63, 3.8) is 0 Å². The average Bonchev–Trinajstić information content (AvgIpc) is 3.71. The van der Waals surface area contributed by atoms with E-state index in [0.717, 1.165) is 64.6 Å². The van der Waals surface area contributed by atoms with Gasteiger partial charge in [0.25, 0.3) is 5.91 Å². The van der Waals surface area contributed by atoms with Crippen molar-refractivity contribution in [3.05, 3.63) is 114 Å². The number of piperidine rings is 1. The van der Waals surface area contributed by atoms with Crippen molar-refractivity contribution in [1.29, 1.82) is 0 Å². The van der Waals surface area contributed by atoms with Crippen LogP contribution in [0.15, 0.2) is 97.3 Å². The highest BCUT2D eigenvalue weighted by molar-refractivity contribution is 6.09. The van der Waals surface area contributed by atoms with E-state index in [1.165, 1.54) is 5.56 Å². The van der Waals surface area contributed by atoms with E-state index in [-0.39, 0.29) is 12.0 Å². The lowest BCUT2D eigenvalue weighted by molar-refractivity contribution is -0.0123. The Kier molecular flexibility index (Phi) is 7.22. The SMILES string of the molecule is O=C(Nc1cc(-c2cccc3[nH]ccc23)cc2[nH]ncc12)c1cccc(CN2CCCC(OCc3ccccc3)C2)n1. The van der Waals surface area contributed by atoms with Crippen LogP contribution in [-0.2, 0) is 17.9 Å². The molecule has 3 aromatic heterocycles. The number of benzene rings is 3. The third kappa shape index (κ3) is 5.54. The summed E-state index contributed by atoms with van der Waals surface area (Å²) in [7, 11) is 0. The fraction of sp³-hybridized carbons (Fsp3) is 0.206. The number of aromatic amines is 2. The zero-order valence-corrected chi connectivity index (χ0v) is 23.2. The number of ether oxygens (including phenoxy) is 1. The number of fused-ring (bicyclic) bond motifs is 2. The Hall–Kier alpha value is -4.79. The average molecular weight is 557 g/mol. The molecule has 42 heavy (non-hydrogen) atoms. The number of anilines is 1. The minimum atomic E-state index is -0.251. The molecule has 1 amide bonds. The van der Waals surface area contributed by atoms with Crippen molar-refractivity contribution < 1.29 is 9.53 Å². The molecule has 3 aromatic carbocycles. The summed E-state index contributed by atoms with van der Waals surface area (Å²) in [6, 6.07) is 28.2. The molecule has 1 fully saturated rings. The van der Waals surface area contributed by atoms with Crippen molar-refractivity contribution in [2.75, 3.05) is 18.4 Å². The second-order valence-electron chi connectivity index (χ2n) is 10.9. The number of hydrogen-bond acceptors (Lipinski definition) is 5. The quantitative estimate of drug-likeness (QED) is 0.198. The van der Waals surface area contributed by atoms with Crippen LogP contribution in [0.3, 0.4) is 0 Å². The van der Waals surface area contributed by atoms with Crippen molar-refractivity contribution in [1.82, 2.24) is 25.1 Å². The summed E-state index contributed by atoms with van der Waals surface area (Å²) in [5, 5.41) is 12.4. The molecule has 1 aliphatic rings. The molecule has 1 unspecified atom stereocenters. The molecule has 6 aromatic rings. The lowest BCUT2D eigenvalue weighted by atomic mass is 9.99. The van der Waals surface area contributed by atoms with Gasteiger partial charge in [0.05, 0.1) is 35.8 Å². The van der Waals surface area contributed by atoms with Gasteiger partial charge >= 0.3 is 0 Å². The Balaban J connectivity index is 1.06. The first kappa shape index (κ1) is 26.1. The summed E-state index contributed by atoms with van der Waals surface area (Å²) in [6.07, 6.45) is 5.99. The molecular formula is C34H32N6O2. The van der Waals surface area contributed by atoms with Crippen molar-refractivity contribution >= 4 is 33.4 Å². The zero-order chi connectivity index (χ0) is 28.3. The van der Waals surface area contributed by atoms with Gasteiger partial charge in [-0.05, 0) is 72.5 Å². The number of aromatic nitrogens is 4. The van der Waals surface area contributed by atoms with Crippen molar-refractivity contribution in [3.8, 4) is 11.1 Å². The number of nitrogens with zero attached hydrogens (tertiary/aromatic N) is 3. The topological polar surface area (TPSA) is 98.9 Å². The van der Waals surface area contributed by atoms with E-state index < -0.39 is 0 Å². The van der Waals surface area contributed by atoms with Gasteiger partial charge in [0.1, 0.15) is 5.69 Å². The highest BCUT2D eigenvalue weighted by Crippen LogP contribution is 2.34. The van der Waals surface area contributed by atoms with Crippen molar-refractivity contribution in [2.24, 2.45) is 0 Å². The van der Waals surface area contributed by atoms with Crippen LogP contribution in [0, 0.1) is 0 Å². The third-order valence-corrected chi connectivity index (χ3v) is 7.93. The fourth-order valence-corrected chi connectivity index (χ4v) is 5.84. The van der Waals surface area contributed by atoms with Crippen molar-refractivity contribution in [2.45, 2.75) is 32.1 Å². The summed E-state index contributed by atoms with van der Waals surface area (Å²) in [5.41, 5.74) is 7.11. The molecular weight excluding hydrogens is 524 g/mol. The molecule has 0 saturated carbocycles. The van der Waals surface area contributed by atoms with Crippen LogP contribution < -0.4 is 5.32 Å². The standard InChI is InChI=1S/C34H32N6O2/c41-34(38-32-17-24(18-33-29(32)19-36-39-33)27-11-5-12-30-28(27)14-15-35-30)31-13-4-9-25(37-31)20-40-16-6-10-26(21-40)42-22-23-7-2-1-3-8-23/h1-5,7-9,11-15,17-19,26,35H,6,10,16,20-22H2,(H,36,39)(H,38,41). The summed E-state index contributed by atoms with van der Waals surface area (Å²) < 4.78 is 6.22. The number of nitrogens with one attached hydrogen (secondary N) is 3. The number of carbonyl (C=O) groups excluding carboxylic acids is 1. The summed E-state index contributed by atoms with van der Waals surface area (Å²) in [6.45, 7) is 3.14. The number of hydrogen-bond donors (Lipinski definition) is 3. The van der Waals surface area contributed by atoms with Gasteiger partial charge in [-0.1, -0.05) is 48.5 Å². The first-order valence-electron chi connectivity index (χ1n) is 14.4. The van der Waals surface area contributed by atoms with Crippen LogP contribution in [0.25, 0.3) is 32.9 Å². The number of carbonyl (C=O) groups is 1. The molecule has 4 heterocycles. The van der Waals surface area contributed by atoms with Crippen LogP contribution in [-0.4, -0.2) is 50.2 Å². The Morgan fingerprint density at radius 1 is 0.976 bits per heavy atom. The zero-order valence-electron chi connectivity index (χ0n) is 23.2. The van der Waals surface area contributed by atoms with Gasteiger partial charge in [-0.3, -0.25) is 14.8 Å². The molecule has 0 radical (unpaired) electrons. The summed E-state index contributed by atoms with van der Waals surface area (Å²) in [5.74, 6) is -0.251. The van der Waals surface area contributed by atoms with E-state index in [0.29, 0.717) is 24.5 Å². The Morgan fingerprint density at radius 2 is 1.88 bits per heavy atom. The molecule has 0 spiro atoms. The predicted octanol–water partition coefficient (Wildman–Crippen LogP) is 6.54. The second-order valence-corrected chi connectivity index (χ2v) is 10.9. The minimum Gasteiger partial charge on any atom is -0.372 e. The maximum Gasteiger partial charge on any atom is 0.274 e. The largest absolute Gasteiger partial charge is 0.372 e. The van der Waals surface area contributed by atoms with E-state index in [1.807, 2.05) is 48.7 Å². The first-order valence-corrected chi connectivity index (χ1v) is 14.4. The van der Waals surface area contributed by atoms with E-state index in [1.54, 1.807) is 12.3 Å². The summed E-state index contributed by atoms with van der Waals surface area (Å²) in [4.78, 5) is 23.8. The third-order valence-electron chi connectivity index (χ3n) is 7.93. The van der Waals surface area contributed by atoms with Gasteiger partial charge in [0, 0.05) is 35.6 Å². The lowest BCUT2D eigenvalue weighted by Crippen LogP contribution is -2.39. The Bertz CT molecular complexity index is 1840. The molecule has 0 aliphatic carbocycles. The highest BCUT2D eigenvalue weighted by atomic mass is 16.5. The second kappa shape index (κ2) is 11.6. The van der Waals surface area contributed by atoms with Gasteiger partial charge in [-0.2, -0.15) is 5.10 Å². The Labute approximate surface area is 243 Å². The van der Waals surface area contributed by atoms with E-state index in [2.05, 4.69) is 61.8 Å². The van der Waals surface area contributed by atoms with Crippen LogP contribution >= 0.6 is 0 Å². The van der Waals surface area contributed by atoms with Crippen LogP contribution in [0.5, 0.6) is 0 Å². The number of pyridine rings is 1. The molecule has 8 nitrogen and oxygen atoms in total. The molecule has 8 heteroatoms. The van der Waals surface area contributed by atoms with E-state index >= 15 is 0 Å². The fourth-order valence-electron chi connectivity index (χ4n) is 5.84. The normalized spacial score (nSPS) is 15.8. The van der Waals surface area contributed by atoms with Gasteiger partial charge in [0.15, 0.2) is 0 Å². The molecule has 1 saturated heterocycles. The number of amides is 1.